The lowest BCUT2D eigenvalue weighted by atomic mass is 9.95. The van der Waals surface area contributed by atoms with E-state index in [4.69, 9.17) is 11.0 Å². The number of hydrogen-bond donors (Lipinski definition) is 1. The number of likely N-dealkylation sites (tertiary alicyclic amines) is 1. The van der Waals surface area contributed by atoms with Crippen molar-refractivity contribution in [3.63, 3.8) is 0 Å². The second-order valence-corrected chi connectivity index (χ2v) is 5.61. The van der Waals surface area contributed by atoms with Crippen LogP contribution in [0.15, 0.2) is 0 Å². The van der Waals surface area contributed by atoms with E-state index in [1.807, 2.05) is 6.92 Å². The van der Waals surface area contributed by atoms with Gasteiger partial charge in [-0.15, -0.1) is 0 Å². The molecule has 0 spiro atoms. The molecule has 3 nitrogen and oxygen atoms in total. The van der Waals surface area contributed by atoms with Gasteiger partial charge in [0.25, 0.3) is 0 Å². The summed E-state index contributed by atoms with van der Waals surface area (Å²) >= 11 is 0. The molecule has 4 atom stereocenters. The van der Waals surface area contributed by atoms with Crippen LogP contribution in [0.4, 0.5) is 0 Å². The number of nitriles is 1. The molecule has 0 aromatic rings. The minimum atomic E-state index is -0.665. The number of hydrogen-bond acceptors (Lipinski definition) is 3. The van der Waals surface area contributed by atoms with Gasteiger partial charge in [0.05, 0.1) is 6.07 Å². The second-order valence-electron chi connectivity index (χ2n) is 5.61. The van der Waals surface area contributed by atoms with Crippen molar-refractivity contribution in [3.8, 4) is 6.07 Å². The molecule has 1 heterocycles. The molecule has 0 radical (unpaired) electrons. The molecule has 0 aromatic carbocycles. The zero-order valence-corrected chi connectivity index (χ0v) is 9.74. The van der Waals surface area contributed by atoms with Crippen LogP contribution in [0.2, 0.25) is 0 Å². The maximum absolute atomic E-state index is 8.92. The van der Waals surface area contributed by atoms with E-state index in [1.54, 1.807) is 0 Å². The molecule has 2 fully saturated rings. The van der Waals surface area contributed by atoms with Crippen molar-refractivity contribution < 1.29 is 0 Å². The highest BCUT2D eigenvalue weighted by Crippen LogP contribution is 2.39. The highest BCUT2D eigenvalue weighted by atomic mass is 15.2. The first-order valence-corrected chi connectivity index (χ1v) is 5.98. The van der Waals surface area contributed by atoms with Gasteiger partial charge < -0.3 is 5.73 Å². The van der Waals surface area contributed by atoms with Crippen molar-refractivity contribution in [1.82, 2.24) is 4.90 Å². The van der Waals surface area contributed by atoms with Crippen molar-refractivity contribution in [1.29, 1.82) is 5.26 Å². The van der Waals surface area contributed by atoms with E-state index in [1.165, 1.54) is 25.8 Å². The number of piperidine rings is 1. The molecule has 1 saturated carbocycles. The SMILES string of the molecule is CC(CC(C)(N)C#N)N1CC2CCC1C2. The lowest BCUT2D eigenvalue weighted by Crippen LogP contribution is -2.46. The molecule has 0 amide bonds. The third-order valence-electron chi connectivity index (χ3n) is 3.99. The maximum Gasteiger partial charge on any atom is 0.102 e. The minimum Gasteiger partial charge on any atom is -0.314 e. The predicted octanol–water partition coefficient (Wildman–Crippen LogP) is 1.49. The van der Waals surface area contributed by atoms with Crippen LogP contribution in [0, 0.1) is 17.2 Å². The number of rotatable bonds is 3. The molecule has 3 heteroatoms. The molecule has 1 aliphatic carbocycles. The molecule has 84 valence electrons. The van der Waals surface area contributed by atoms with Gasteiger partial charge in [0.1, 0.15) is 5.54 Å². The first-order chi connectivity index (χ1) is 7.02. The topological polar surface area (TPSA) is 53.1 Å². The van der Waals surface area contributed by atoms with Gasteiger partial charge in [-0.05, 0) is 45.4 Å². The molecule has 1 aliphatic heterocycles. The summed E-state index contributed by atoms with van der Waals surface area (Å²) < 4.78 is 0. The van der Waals surface area contributed by atoms with Crippen LogP contribution in [0.5, 0.6) is 0 Å². The Balaban J connectivity index is 1.92. The van der Waals surface area contributed by atoms with E-state index in [0.29, 0.717) is 6.04 Å². The smallest absolute Gasteiger partial charge is 0.102 e. The second kappa shape index (κ2) is 3.77. The highest BCUT2D eigenvalue weighted by molar-refractivity contribution is 5.04. The summed E-state index contributed by atoms with van der Waals surface area (Å²) in [6, 6.07) is 3.42. The Bertz CT molecular complexity index is 279. The predicted molar refractivity (Wildman–Crippen MR) is 60.1 cm³/mol. The van der Waals surface area contributed by atoms with Crippen LogP contribution in [0.1, 0.15) is 39.5 Å². The first-order valence-electron chi connectivity index (χ1n) is 5.98. The molecule has 4 unspecified atom stereocenters. The van der Waals surface area contributed by atoms with Crippen LogP contribution in [0.25, 0.3) is 0 Å². The van der Waals surface area contributed by atoms with E-state index >= 15 is 0 Å². The van der Waals surface area contributed by atoms with Crippen LogP contribution in [-0.4, -0.2) is 29.1 Å². The van der Waals surface area contributed by atoms with Gasteiger partial charge in [0, 0.05) is 18.6 Å². The fourth-order valence-electron chi connectivity index (χ4n) is 3.28. The number of nitrogens with zero attached hydrogens (tertiary/aromatic N) is 2. The third kappa shape index (κ3) is 2.16. The summed E-state index contributed by atoms with van der Waals surface area (Å²) in [5.74, 6) is 0.920. The molecular formula is C12H21N3. The van der Waals surface area contributed by atoms with Crippen molar-refractivity contribution in [2.45, 2.75) is 57.2 Å². The van der Waals surface area contributed by atoms with Crippen molar-refractivity contribution in [3.05, 3.63) is 0 Å². The van der Waals surface area contributed by atoms with E-state index in [0.717, 1.165) is 18.4 Å². The van der Waals surface area contributed by atoms with Crippen LogP contribution in [-0.2, 0) is 0 Å². The zero-order chi connectivity index (χ0) is 11.1. The monoisotopic (exact) mass is 207 g/mol. The molecule has 2 rings (SSSR count). The van der Waals surface area contributed by atoms with Gasteiger partial charge >= 0.3 is 0 Å². The highest BCUT2D eigenvalue weighted by Gasteiger charge is 2.40. The van der Waals surface area contributed by atoms with Gasteiger partial charge in [0.2, 0.25) is 0 Å². The Morgan fingerprint density at radius 3 is 2.80 bits per heavy atom. The zero-order valence-electron chi connectivity index (χ0n) is 9.74. The molecule has 0 aromatic heterocycles. The molecule has 2 aliphatic rings. The number of nitrogens with two attached hydrogens (primary N) is 1. The van der Waals surface area contributed by atoms with E-state index < -0.39 is 5.54 Å². The fraction of sp³-hybridized carbons (Fsp3) is 0.917. The average Bonchev–Trinajstić information content (AvgIpc) is 2.78. The molecule has 2 bridgehead atoms. The van der Waals surface area contributed by atoms with Gasteiger partial charge in [-0.1, -0.05) is 0 Å². The van der Waals surface area contributed by atoms with Crippen LogP contribution in [0.3, 0.4) is 0 Å². The van der Waals surface area contributed by atoms with Crippen molar-refractivity contribution >= 4 is 0 Å². The molecule has 15 heavy (non-hydrogen) atoms. The van der Waals surface area contributed by atoms with Gasteiger partial charge in [-0.25, -0.2) is 0 Å². The maximum atomic E-state index is 8.92. The Hall–Kier alpha value is -0.590. The third-order valence-corrected chi connectivity index (χ3v) is 3.99. The summed E-state index contributed by atoms with van der Waals surface area (Å²) in [5.41, 5.74) is 5.23. The summed E-state index contributed by atoms with van der Waals surface area (Å²) in [7, 11) is 0. The van der Waals surface area contributed by atoms with E-state index in [2.05, 4.69) is 17.9 Å². The van der Waals surface area contributed by atoms with Crippen molar-refractivity contribution in [2.24, 2.45) is 11.7 Å². The average molecular weight is 207 g/mol. The summed E-state index contributed by atoms with van der Waals surface area (Å²) in [6.07, 6.45) is 4.92. The van der Waals surface area contributed by atoms with Crippen LogP contribution < -0.4 is 5.73 Å². The lowest BCUT2D eigenvalue weighted by Gasteiger charge is -2.35. The summed E-state index contributed by atoms with van der Waals surface area (Å²) in [5, 5.41) is 8.92. The number of fused-ring (bicyclic) bond motifs is 2. The Labute approximate surface area is 92.2 Å². The Morgan fingerprint density at radius 2 is 2.33 bits per heavy atom. The molecule has 2 N–H and O–H groups in total. The largest absolute Gasteiger partial charge is 0.314 e. The summed E-state index contributed by atoms with van der Waals surface area (Å²) in [6.45, 7) is 5.27. The summed E-state index contributed by atoms with van der Waals surface area (Å²) in [4.78, 5) is 2.57. The molecule has 1 saturated heterocycles. The van der Waals surface area contributed by atoms with Gasteiger partial charge in [-0.2, -0.15) is 5.26 Å². The van der Waals surface area contributed by atoms with E-state index in [-0.39, 0.29) is 0 Å². The van der Waals surface area contributed by atoms with Gasteiger partial charge in [-0.3, -0.25) is 4.90 Å². The standard InChI is InChI=1S/C12H21N3/c1-9(6-12(2,14)8-13)15-7-10-3-4-11(15)5-10/h9-11H,3-7,14H2,1-2H3. The quantitative estimate of drug-likeness (QED) is 0.763. The lowest BCUT2D eigenvalue weighted by molar-refractivity contribution is 0.142. The Morgan fingerprint density at radius 1 is 1.60 bits per heavy atom. The van der Waals surface area contributed by atoms with Gasteiger partial charge in [0.15, 0.2) is 0 Å². The minimum absolute atomic E-state index is 0.454. The molecular weight excluding hydrogens is 186 g/mol. The van der Waals surface area contributed by atoms with Crippen molar-refractivity contribution in [2.75, 3.05) is 6.54 Å². The normalized spacial score (nSPS) is 36.1. The Kier molecular flexibility index (Phi) is 2.74. The van der Waals surface area contributed by atoms with E-state index in [9.17, 15) is 0 Å². The fourth-order valence-corrected chi connectivity index (χ4v) is 3.28. The first kappa shape index (κ1) is 10.9. The van der Waals surface area contributed by atoms with Crippen LogP contribution >= 0.6 is 0 Å².